The Morgan fingerprint density at radius 3 is 2.61 bits per heavy atom. The molecule has 0 aromatic carbocycles. The minimum atomic E-state index is -0.185. The molecule has 154 valence electrons. The predicted octanol–water partition coefficient (Wildman–Crippen LogP) is 1.59. The summed E-state index contributed by atoms with van der Waals surface area (Å²) in [6.45, 7) is 4.82. The fourth-order valence-electron chi connectivity index (χ4n) is 4.47. The first kappa shape index (κ1) is 19.5. The Kier molecular flexibility index (Phi) is 6.01. The maximum Gasteiger partial charge on any atom is 0.286 e. The molecular formula is C21H32N4O3. The van der Waals surface area contributed by atoms with Crippen molar-refractivity contribution in [2.75, 3.05) is 33.2 Å². The van der Waals surface area contributed by atoms with Crippen LogP contribution in [0.2, 0.25) is 0 Å². The molecule has 28 heavy (non-hydrogen) atoms. The highest BCUT2D eigenvalue weighted by atomic mass is 16.4. The fourth-order valence-corrected chi connectivity index (χ4v) is 4.47. The van der Waals surface area contributed by atoms with Gasteiger partial charge >= 0.3 is 0 Å². The summed E-state index contributed by atoms with van der Waals surface area (Å²) >= 11 is 0. The minimum absolute atomic E-state index is 0.165. The third kappa shape index (κ3) is 4.75. The van der Waals surface area contributed by atoms with Gasteiger partial charge in [0.05, 0.1) is 12.5 Å². The van der Waals surface area contributed by atoms with Gasteiger partial charge in [0.15, 0.2) is 5.76 Å². The second-order valence-corrected chi connectivity index (χ2v) is 8.47. The van der Waals surface area contributed by atoms with Gasteiger partial charge in [0.25, 0.3) is 5.91 Å². The summed E-state index contributed by atoms with van der Waals surface area (Å²) in [7, 11) is 1.61. The molecule has 1 saturated carbocycles. The molecule has 2 saturated heterocycles. The number of carbonyl (C=O) groups excluding carboxylic acids is 2. The molecule has 1 aromatic heterocycles. The largest absolute Gasteiger partial charge is 0.455 e. The molecule has 2 N–H and O–H groups in total. The van der Waals surface area contributed by atoms with Crippen LogP contribution < -0.4 is 10.6 Å². The van der Waals surface area contributed by atoms with Gasteiger partial charge in [0.1, 0.15) is 5.76 Å². The van der Waals surface area contributed by atoms with E-state index in [1.54, 1.807) is 13.1 Å². The number of furan rings is 1. The van der Waals surface area contributed by atoms with Crippen molar-refractivity contribution < 1.29 is 14.0 Å². The number of nitrogens with zero attached hydrogens (tertiary/aromatic N) is 2. The van der Waals surface area contributed by atoms with Crippen molar-refractivity contribution in [2.45, 2.75) is 57.2 Å². The lowest BCUT2D eigenvalue weighted by atomic mass is 9.93. The highest BCUT2D eigenvalue weighted by molar-refractivity contribution is 5.91. The fraction of sp³-hybridized carbons (Fsp3) is 0.714. The summed E-state index contributed by atoms with van der Waals surface area (Å²) in [5.74, 6) is 1.46. The normalized spacial score (nSPS) is 24.8. The Morgan fingerprint density at radius 2 is 1.89 bits per heavy atom. The van der Waals surface area contributed by atoms with E-state index < -0.39 is 0 Å². The molecule has 0 radical (unpaired) electrons. The van der Waals surface area contributed by atoms with E-state index in [1.165, 1.54) is 0 Å². The number of piperidine rings is 2. The van der Waals surface area contributed by atoms with Gasteiger partial charge in [0.2, 0.25) is 5.91 Å². The van der Waals surface area contributed by atoms with E-state index in [1.807, 2.05) is 6.07 Å². The van der Waals surface area contributed by atoms with Crippen LogP contribution >= 0.6 is 0 Å². The second-order valence-electron chi connectivity index (χ2n) is 8.47. The minimum Gasteiger partial charge on any atom is -0.455 e. The molecule has 3 aliphatic rings. The molecule has 2 amide bonds. The molecule has 3 fully saturated rings. The van der Waals surface area contributed by atoms with Crippen LogP contribution in [0.25, 0.3) is 0 Å². The van der Waals surface area contributed by atoms with Gasteiger partial charge in [-0.25, -0.2) is 0 Å². The number of likely N-dealkylation sites (tertiary alicyclic amines) is 2. The monoisotopic (exact) mass is 388 g/mol. The zero-order chi connectivity index (χ0) is 19.5. The SMILES string of the molecule is CNC(=O)c1ccc(CN2CCC(N3CCC[C@@H](C(=O)NC4CC4)C3)CC2)o1. The number of hydrogen-bond acceptors (Lipinski definition) is 5. The van der Waals surface area contributed by atoms with Crippen molar-refractivity contribution in [1.29, 1.82) is 0 Å². The maximum absolute atomic E-state index is 12.4. The molecule has 1 aliphatic carbocycles. The van der Waals surface area contributed by atoms with Crippen LogP contribution in [-0.4, -0.2) is 66.9 Å². The standard InChI is InChI=1S/C21H32N4O3/c1-22-21(27)19-7-6-18(28-19)14-24-11-8-17(9-12-24)25-10-2-3-15(13-25)20(26)23-16-4-5-16/h6-7,15-17H,2-5,8-14H2,1H3,(H,22,27)(H,23,26)/t15-/m1/s1. The molecule has 3 heterocycles. The summed E-state index contributed by atoms with van der Waals surface area (Å²) in [5, 5.41) is 5.77. The van der Waals surface area contributed by atoms with Crippen molar-refractivity contribution in [3.05, 3.63) is 23.7 Å². The molecule has 1 atom stereocenters. The van der Waals surface area contributed by atoms with E-state index in [9.17, 15) is 9.59 Å². The summed E-state index contributed by atoms with van der Waals surface area (Å²) in [4.78, 5) is 29.0. The lowest BCUT2D eigenvalue weighted by Gasteiger charge is -2.41. The Balaban J connectivity index is 1.23. The summed E-state index contributed by atoms with van der Waals surface area (Å²) < 4.78 is 5.65. The molecule has 7 nitrogen and oxygen atoms in total. The lowest BCUT2D eigenvalue weighted by Crippen LogP contribution is -2.50. The molecule has 0 bridgehead atoms. The highest BCUT2D eigenvalue weighted by Gasteiger charge is 2.33. The van der Waals surface area contributed by atoms with Crippen molar-refractivity contribution in [3.8, 4) is 0 Å². The van der Waals surface area contributed by atoms with Crippen LogP contribution in [0.15, 0.2) is 16.5 Å². The van der Waals surface area contributed by atoms with Crippen molar-refractivity contribution in [2.24, 2.45) is 5.92 Å². The average Bonchev–Trinajstić information content (AvgIpc) is 3.42. The average molecular weight is 389 g/mol. The van der Waals surface area contributed by atoms with Gasteiger partial charge in [-0.15, -0.1) is 0 Å². The topological polar surface area (TPSA) is 77.8 Å². The van der Waals surface area contributed by atoms with E-state index in [-0.39, 0.29) is 17.7 Å². The summed E-state index contributed by atoms with van der Waals surface area (Å²) in [6.07, 6.45) is 6.71. The molecule has 4 rings (SSSR count). The summed E-state index contributed by atoms with van der Waals surface area (Å²) in [6, 6.07) is 4.66. The quantitative estimate of drug-likeness (QED) is 0.774. The number of rotatable bonds is 6. The van der Waals surface area contributed by atoms with Gasteiger partial charge in [-0.2, -0.15) is 0 Å². The third-order valence-corrected chi connectivity index (χ3v) is 6.31. The lowest BCUT2D eigenvalue weighted by molar-refractivity contribution is -0.127. The Labute approximate surface area is 166 Å². The van der Waals surface area contributed by atoms with Crippen molar-refractivity contribution in [3.63, 3.8) is 0 Å². The highest BCUT2D eigenvalue weighted by Crippen LogP contribution is 2.26. The van der Waals surface area contributed by atoms with E-state index in [0.717, 1.165) is 77.0 Å². The van der Waals surface area contributed by atoms with Crippen LogP contribution in [0, 0.1) is 5.92 Å². The number of nitrogens with one attached hydrogen (secondary N) is 2. The zero-order valence-electron chi connectivity index (χ0n) is 16.8. The number of hydrogen-bond donors (Lipinski definition) is 2. The van der Waals surface area contributed by atoms with Crippen LogP contribution in [-0.2, 0) is 11.3 Å². The van der Waals surface area contributed by atoms with Gasteiger partial charge in [-0.1, -0.05) is 0 Å². The van der Waals surface area contributed by atoms with Crippen LogP contribution in [0.3, 0.4) is 0 Å². The molecule has 0 spiro atoms. The summed E-state index contributed by atoms with van der Waals surface area (Å²) in [5.41, 5.74) is 0. The van der Waals surface area contributed by atoms with Crippen LogP contribution in [0.1, 0.15) is 54.8 Å². The molecule has 1 aromatic rings. The van der Waals surface area contributed by atoms with E-state index in [0.29, 0.717) is 17.8 Å². The van der Waals surface area contributed by atoms with Crippen LogP contribution in [0.5, 0.6) is 0 Å². The molecule has 2 aliphatic heterocycles. The number of carbonyl (C=O) groups is 2. The first-order chi connectivity index (χ1) is 13.6. The number of amides is 2. The van der Waals surface area contributed by atoms with Crippen LogP contribution in [0.4, 0.5) is 0 Å². The van der Waals surface area contributed by atoms with E-state index in [2.05, 4.69) is 20.4 Å². The van der Waals surface area contributed by atoms with Gasteiger partial charge in [-0.05, 0) is 57.2 Å². The zero-order valence-corrected chi connectivity index (χ0v) is 16.8. The third-order valence-electron chi connectivity index (χ3n) is 6.31. The van der Waals surface area contributed by atoms with E-state index >= 15 is 0 Å². The maximum atomic E-state index is 12.4. The van der Waals surface area contributed by atoms with Gasteiger partial charge < -0.3 is 15.1 Å². The first-order valence-electron chi connectivity index (χ1n) is 10.7. The van der Waals surface area contributed by atoms with E-state index in [4.69, 9.17) is 4.42 Å². The molecule has 0 unspecified atom stereocenters. The Hall–Kier alpha value is -1.86. The van der Waals surface area contributed by atoms with Gasteiger partial charge in [-0.3, -0.25) is 19.4 Å². The first-order valence-corrected chi connectivity index (χ1v) is 10.7. The van der Waals surface area contributed by atoms with Crippen molar-refractivity contribution in [1.82, 2.24) is 20.4 Å². The predicted molar refractivity (Wildman–Crippen MR) is 106 cm³/mol. The van der Waals surface area contributed by atoms with Gasteiger partial charge in [0, 0.05) is 38.8 Å². The Bertz CT molecular complexity index is 692. The smallest absolute Gasteiger partial charge is 0.286 e. The molecular weight excluding hydrogens is 356 g/mol. The second kappa shape index (κ2) is 8.66. The molecule has 7 heteroatoms. The Morgan fingerprint density at radius 1 is 1.11 bits per heavy atom. The van der Waals surface area contributed by atoms with Crippen molar-refractivity contribution >= 4 is 11.8 Å².